The van der Waals surface area contributed by atoms with Crippen molar-refractivity contribution in [1.82, 2.24) is 15.5 Å². The molecule has 2 rings (SSSR count). The van der Waals surface area contributed by atoms with Gasteiger partial charge in [-0.25, -0.2) is 0 Å². The highest BCUT2D eigenvalue weighted by Crippen LogP contribution is 2.18. The summed E-state index contributed by atoms with van der Waals surface area (Å²) in [6.45, 7) is 5.69. The molecule has 0 spiro atoms. The average Bonchev–Trinajstić information content (AvgIpc) is 3.03. The first-order valence-electron chi connectivity index (χ1n) is 8.06. The molecule has 0 aromatic heterocycles. The first-order valence-corrected chi connectivity index (χ1v) is 9.21. The van der Waals surface area contributed by atoms with Crippen molar-refractivity contribution in [2.24, 2.45) is 5.92 Å². The van der Waals surface area contributed by atoms with E-state index in [2.05, 4.69) is 24.5 Å². The molecule has 2 aliphatic rings. The summed E-state index contributed by atoms with van der Waals surface area (Å²) in [5.41, 5.74) is 0. The van der Waals surface area contributed by atoms with Gasteiger partial charge in [-0.3, -0.25) is 14.9 Å². The van der Waals surface area contributed by atoms with Gasteiger partial charge in [0.15, 0.2) is 0 Å². The SMILES string of the molecule is CCC(CC)C(=O)N1CCC(NC(=O)C2CSCN2)CC1. The summed E-state index contributed by atoms with van der Waals surface area (Å²) in [5.74, 6) is 2.29. The summed E-state index contributed by atoms with van der Waals surface area (Å²) >= 11 is 1.76. The molecule has 2 heterocycles. The number of hydrogen-bond donors (Lipinski definition) is 2. The highest BCUT2D eigenvalue weighted by molar-refractivity contribution is 7.99. The maximum Gasteiger partial charge on any atom is 0.238 e. The van der Waals surface area contributed by atoms with Crippen molar-refractivity contribution in [2.75, 3.05) is 24.7 Å². The zero-order valence-corrected chi connectivity index (χ0v) is 13.9. The van der Waals surface area contributed by atoms with Crippen molar-refractivity contribution in [3.05, 3.63) is 0 Å². The maximum absolute atomic E-state index is 12.3. The lowest BCUT2D eigenvalue weighted by Crippen LogP contribution is -2.51. The number of nitrogens with one attached hydrogen (secondary N) is 2. The van der Waals surface area contributed by atoms with E-state index in [1.54, 1.807) is 11.8 Å². The van der Waals surface area contributed by atoms with Crippen LogP contribution < -0.4 is 10.6 Å². The average molecular weight is 313 g/mol. The van der Waals surface area contributed by atoms with Crippen molar-refractivity contribution in [2.45, 2.75) is 51.6 Å². The van der Waals surface area contributed by atoms with Crippen LogP contribution in [0.25, 0.3) is 0 Å². The predicted octanol–water partition coefficient (Wildman–Crippen LogP) is 1.19. The number of hydrogen-bond acceptors (Lipinski definition) is 4. The molecule has 0 aliphatic carbocycles. The molecule has 5 nitrogen and oxygen atoms in total. The lowest BCUT2D eigenvalue weighted by Gasteiger charge is -2.34. The fourth-order valence-electron chi connectivity index (χ4n) is 3.01. The van der Waals surface area contributed by atoms with Crippen LogP contribution in [0.4, 0.5) is 0 Å². The normalized spacial score (nSPS) is 23.6. The first kappa shape index (κ1) is 16.6. The molecule has 0 aromatic carbocycles. The van der Waals surface area contributed by atoms with Crippen molar-refractivity contribution < 1.29 is 9.59 Å². The van der Waals surface area contributed by atoms with Crippen LogP contribution in [-0.2, 0) is 9.59 Å². The number of likely N-dealkylation sites (tertiary alicyclic amines) is 1. The standard InChI is InChI=1S/C15H27N3O2S/c1-3-11(4-2)15(20)18-7-5-12(6-8-18)17-14(19)13-9-21-10-16-13/h11-13,16H,3-10H2,1-2H3,(H,17,19). The molecule has 0 bridgehead atoms. The van der Waals surface area contributed by atoms with Gasteiger partial charge in [0.2, 0.25) is 11.8 Å². The van der Waals surface area contributed by atoms with Crippen LogP contribution in [0.1, 0.15) is 39.5 Å². The summed E-state index contributed by atoms with van der Waals surface area (Å²) < 4.78 is 0. The monoisotopic (exact) mass is 313 g/mol. The third kappa shape index (κ3) is 4.36. The van der Waals surface area contributed by atoms with Gasteiger partial charge in [-0.05, 0) is 25.7 Å². The van der Waals surface area contributed by atoms with E-state index in [-0.39, 0.29) is 23.9 Å². The van der Waals surface area contributed by atoms with E-state index in [0.717, 1.165) is 50.4 Å². The summed E-state index contributed by atoms with van der Waals surface area (Å²) in [4.78, 5) is 26.4. The molecular formula is C15H27N3O2S. The van der Waals surface area contributed by atoms with Crippen LogP contribution >= 0.6 is 11.8 Å². The second kappa shape index (κ2) is 8.03. The Bertz CT molecular complexity index is 360. The molecule has 21 heavy (non-hydrogen) atoms. The van der Waals surface area contributed by atoms with Gasteiger partial charge in [0, 0.05) is 36.7 Å². The molecule has 2 saturated heterocycles. The van der Waals surface area contributed by atoms with Crippen LogP contribution in [-0.4, -0.2) is 53.5 Å². The number of amides is 2. The minimum absolute atomic E-state index is 0.0424. The van der Waals surface area contributed by atoms with Crippen LogP contribution in [0.2, 0.25) is 0 Å². The lowest BCUT2D eigenvalue weighted by atomic mass is 9.98. The van der Waals surface area contributed by atoms with E-state index in [4.69, 9.17) is 0 Å². The molecule has 2 aliphatic heterocycles. The van der Waals surface area contributed by atoms with Gasteiger partial charge in [0.1, 0.15) is 0 Å². The van der Waals surface area contributed by atoms with Gasteiger partial charge in [0.05, 0.1) is 6.04 Å². The smallest absolute Gasteiger partial charge is 0.238 e. The molecule has 0 saturated carbocycles. The Morgan fingerprint density at radius 3 is 2.48 bits per heavy atom. The Kier molecular flexibility index (Phi) is 6.36. The van der Waals surface area contributed by atoms with Crippen molar-refractivity contribution >= 4 is 23.6 Å². The quantitative estimate of drug-likeness (QED) is 0.800. The first-order chi connectivity index (χ1) is 10.2. The minimum atomic E-state index is -0.0424. The number of rotatable bonds is 5. The molecule has 2 amide bonds. The van der Waals surface area contributed by atoms with Crippen molar-refractivity contribution in [3.8, 4) is 0 Å². The second-order valence-electron chi connectivity index (χ2n) is 5.89. The van der Waals surface area contributed by atoms with Crippen molar-refractivity contribution in [3.63, 3.8) is 0 Å². The number of nitrogens with zero attached hydrogens (tertiary/aromatic N) is 1. The largest absolute Gasteiger partial charge is 0.352 e. The molecule has 1 atom stereocenters. The molecule has 2 N–H and O–H groups in total. The Labute approximate surface area is 131 Å². The fraction of sp³-hybridized carbons (Fsp3) is 0.867. The maximum atomic E-state index is 12.3. The Hall–Kier alpha value is -0.750. The fourth-order valence-corrected chi connectivity index (χ4v) is 3.95. The second-order valence-corrected chi connectivity index (χ2v) is 6.92. The van der Waals surface area contributed by atoms with Crippen LogP contribution in [0.5, 0.6) is 0 Å². The number of piperidine rings is 1. The lowest BCUT2D eigenvalue weighted by molar-refractivity contribution is -0.137. The number of carbonyl (C=O) groups is 2. The van der Waals surface area contributed by atoms with E-state index in [1.807, 2.05) is 4.90 Å². The zero-order valence-electron chi connectivity index (χ0n) is 13.1. The van der Waals surface area contributed by atoms with Gasteiger partial charge >= 0.3 is 0 Å². The van der Waals surface area contributed by atoms with Gasteiger partial charge in [0.25, 0.3) is 0 Å². The zero-order chi connectivity index (χ0) is 15.2. The number of carbonyl (C=O) groups excluding carboxylic acids is 2. The summed E-state index contributed by atoms with van der Waals surface area (Å²) in [6, 6.07) is 0.176. The molecule has 0 aromatic rings. The van der Waals surface area contributed by atoms with Crippen LogP contribution in [0.15, 0.2) is 0 Å². The molecule has 6 heteroatoms. The summed E-state index contributed by atoms with van der Waals surface area (Å²) in [7, 11) is 0. The van der Waals surface area contributed by atoms with E-state index in [1.165, 1.54) is 0 Å². The molecular weight excluding hydrogens is 286 g/mol. The molecule has 1 unspecified atom stereocenters. The molecule has 2 fully saturated rings. The minimum Gasteiger partial charge on any atom is -0.352 e. The van der Waals surface area contributed by atoms with E-state index >= 15 is 0 Å². The Morgan fingerprint density at radius 2 is 1.95 bits per heavy atom. The summed E-state index contributed by atoms with van der Waals surface area (Å²) in [6.07, 6.45) is 3.57. The highest BCUT2D eigenvalue weighted by Gasteiger charge is 2.29. The topological polar surface area (TPSA) is 61.4 Å². The third-order valence-corrected chi connectivity index (χ3v) is 5.46. The summed E-state index contributed by atoms with van der Waals surface area (Å²) in [5, 5.41) is 6.31. The van der Waals surface area contributed by atoms with E-state index in [0.29, 0.717) is 5.91 Å². The van der Waals surface area contributed by atoms with E-state index in [9.17, 15) is 9.59 Å². The predicted molar refractivity (Wildman–Crippen MR) is 86.1 cm³/mol. The van der Waals surface area contributed by atoms with Crippen LogP contribution in [0.3, 0.4) is 0 Å². The molecule has 120 valence electrons. The Morgan fingerprint density at radius 1 is 1.29 bits per heavy atom. The van der Waals surface area contributed by atoms with Crippen LogP contribution in [0, 0.1) is 5.92 Å². The van der Waals surface area contributed by atoms with E-state index < -0.39 is 0 Å². The molecule has 0 radical (unpaired) electrons. The van der Waals surface area contributed by atoms with Crippen molar-refractivity contribution in [1.29, 1.82) is 0 Å². The number of thioether (sulfide) groups is 1. The van der Waals surface area contributed by atoms with Gasteiger partial charge < -0.3 is 10.2 Å². The van der Waals surface area contributed by atoms with Gasteiger partial charge in [-0.2, -0.15) is 0 Å². The highest BCUT2D eigenvalue weighted by atomic mass is 32.2. The van der Waals surface area contributed by atoms with Gasteiger partial charge in [-0.15, -0.1) is 11.8 Å². The van der Waals surface area contributed by atoms with Gasteiger partial charge in [-0.1, -0.05) is 13.8 Å². The third-order valence-electron chi connectivity index (χ3n) is 4.52. The Balaban J connectivity index is 1.75.